The maximum Gasteiger partial charge on any atom is 0.299 e. The molecule has 0 fully saturated rings. The number of anilines is 1. The fourth-order valence-electron chi connectivity index (χ4n) is 6.52. The number of hydrogen-bond donors (Lipinski definition) is 0. The largest absolute Gasteiger partial charge is 0.338 e. The van der Waals surface area contributed by atoms with E-state index in [1.165, 1.54) is 24.3 Å². The molecule has 0 aliphatic carbocycles. The first kappa shape index (κ1) is 31.3. The van der Waals surface area contributed by atoms with E-state index < -0.39 is 42.4 Å². The van der Waals surface area contributed by atoms with Crippen LogP contribution >= 0.6 is 0 Å². The number of nitro benzene ring substituents is 4. The maximum atomic E-state index is 12.4. The standard InChI is InChI=1S/C36H22N6O8/c43-39(44)24-12-14-26(32(18-24)41(47)48)27-10-3-11-30-34(28-8-1-2-9-29(28)35(36(27)30)22-6-4-16-37-20-22)23-7-5-17-38(21-23)31-15-13-25(40(45)46)19-33(31)42(49)50/h1-20H,21H2. The topological polar surface area (TPSA) is 189 Å². The lowest BCUT2D eigenvalue weighted by molar-refractivity contribution is -0.394. The van der Waals surface area contributed by atoms with Crippen molar-refractivity contribution in [3.63, 3.8) is 0 Å². The van der Waals surface area contributed by atoms with Crippen LogP contribution in [0.2, 0.25) is 0 Å². The highest BCUT2D eigenvalue weighted by Gasteiger charge is 2.28. The molecule has 5 aromatic carbocycles. The van der Waals surface area contributed by atoms with Gasteiger partial charge in [0.1, 0.15) is 5.69 Å². The average Bonchev–Trinajstić information content (AvgIpc) is 3.13. The normalized spacial score (nSPS) is 12.6. The van der Waals surface area contributed by atoms with Gasteiger partial charge < -0.3 is 4.90 Å². The first-order chi connectivity index (χ1) is 24.1. The molecule has 1 aliphatic heterocycles. The van der Waals surface area contributed by atoms with Gasteiger partial charge in [0, 0.05) is 42.8 Å². The van der Waals surface area contributed by atoms with Gasteiger partial charge in [-0.25, -0.2) is 0 Å². The number of fused-ring (bicyclic) bond motifs is 2. The lowest BCUT2D eigenvalue weighted by Crippen LogP contribution is -2.22. The first-order valence-corrected chi connectivity index (χ1v) is 15.0. The van der Waals surface area contributed by atoms with E-state index in [2.05, 4.69) is 4.98 Å². The third-order valence-corrected chi connectivity index (χ3v) is 8.58. The van der Waals surface area contributed by atoms with E-state index in [0.717, 1.165) is 45.2 Å². The Bertz CT molecular complexity index is 2500. The summed E-state index contributed by atoms with van der Waals surface area (Å²) in [5, 5.41) is 50.3. The molecule has 1 aromatic heterocycles. The highest BCUT2D eigenvalue weighted by atomic mass is 16.6. The summed E-state index contributed by atoms with van der Waals surface area (Å²) < 4.78 is 0. The molecule has 6 aromatic rings. The van der Waals surface area contributed by atoms with Gasteiger partial charge in [0.25, 0.3) is 22.7 Å². The van der Waals surface area contributed by atoms with Crippen LogP contribution in [-0.4, -0.2) is 31.2 Å². The first-order valence-electron chi connectivity index (χ1n) is 15.0. The van der Waals surface area contributed by atoms with Crippen molar-refractivity contribution in [2.75, 3.05) is 11.4 Å². The van der Waals surface area contributed by atoms with Crippen molar-refractivity contribution in [2.45, 2.75) is 0 Å². The van der Waals surface area contributed by atoms with Crippen LogP contribution in [0.25, 0.3) is 49.4 Å². The van der Waals surface area contributed by atoms with Gasteiger partial charge in [0.15, 0.2) is 0 Å². The van der Waals surface area contributed by atoms with E-state index in [1.54, 1.807) is 47.8 Å². The monoisotopic (exact) mass is 666 g/mol. The third-order valence-electron chi connectivity index (χ3n) is 8.58. The van der Waals surface area contributed by atoms with Crippen molar-refractivity contribution in [1.82, 2.24) is 4.98 Å². The number of nitro groups is 4. The second-order valence-electron chi connectivity index (χ2n) is 11.3. The third kappa shape index (κ3) is 5.32. The summed E-state index contributed by atoms with van der Waals surface area (Å²) in [7, 11) is 0. The summed E-state index contributed by atoms with van der Waals surface area (Å²) in [6, 6.07) is 23.7. The Labute approximate surface area is 281 Å². The molecular weight excluding hydrogens is 644 g/mol. The minimum Gasteiger partial charge on any atom is -0.338 e. The molecule has 0 saturated carbocycles. The molecule has 1 aliphatic rings. The molecule has 7 rings (SSSR count). The molecular formula is C36H22N6O8. The van der Waals surface area contributed by atoms with Crippen molar-refractivity contribution in [3.05, 3.63) is 168 Å². The van der Waals surface area contributed by atoms with Crippen molar-refractivity contribution in [3.8, 4) is 22.3 Å². The Morgan fingerprint density at radius 3 is 1.94 bits per heavy atom. The molecule has 14 nitrogen and oxygen atoms in total. The molecule has 50 heavy (non-hydrogen) atoms. The lowest BCUT2D eigenvalue weighted by Gasteiger charge is -2.27. The Hall–Kier alpha value is -7.35. The zero-order valence-corrected chi connectivity index (χ0v) is 25.7. The number of pyridine rings is 1. The van der Waals surface area contributed by atoms with Crippen LogP contribution in [0.5, 0.6) is 0 Å². The Morgan fingerprint density at radius 2 is 1.28 bits per heavy atom. The van der Waals surface area contributed by atoms with Gasteiger partial charge in [-0.05, 0) is 68.1 Å². The zero-order chi connectivity index (χ0) is 35.1. The second kappa shape index (κ2) is 12.4. The summed E-state index contributed by atoms with van der Waals surface area (Å²) in [5.74, 6) is 0. The molecule has 244 valence electrons. The fraction of sp³-hybridized carbons (Fsp3) is 0.0278. The molecule has 0 saturated heterocycles. The number of nitrogens with zero attached hydrogens (tertiary/aromatic N) is 6. The van der Waals surface area contributed by atoms with E-state index >= 15 is 0 Å². The summed E-state index contributed by atoms with van der Waals surface area (Å²) in [4.78, 5) is 50.7. The van der Waals surface area contributed by atoms with Crippen LogP contribution in [0, 0.1) is 40.5 Å². The number of benzene rings is 5. The van der Waals surface area contributed by atoms with Gasteiger partial charge >= 0.3 is 0 Å². The highest BCUT2D eigenvalue weighted by molar-refractivity contribution is 6.23. The Balaban J connectivity index is 1.53. The van der Waals surface area contributed by atoms with Crippen LogP contribution in [0.15, 0.2) is 122 Å². The molecule has 0 bridgehead atoms. The van der Waals surface area contributed by atoms with E-state index in [0.29, 0.717) is 16.3 Å². The number of hydrogen-bond acceptors (Lipinski definition) is 10. The quantitative estimate of drug-likeness (QED) is 0.0862. The summed E-state index contributed by atoms with van der Waals surface area (Å²) >= 11 is 0. The van der Waals surface area contributed by atoms with Crippen LogP contribution in [-0.2, 0) is 0 Å². The molecule has 2 heterocycles. The number of rotatable bonds is 8. The van der Waals surface area contributed by atoms with E-state index in [9.17, 15) is 40.5 Å². The fourth-order valence-corrected chi connectivity index (χ4v) is 6.52. The van der Waals surface area contributed by atoms with Crippen molar-refractivity contribution < 1.29 is 19.7 Å². The molecule has 0 amide bonds. The van der Waals surface area contributed by atoms with Gasteiger partial charge in [-0.3, -0.25) is 45.4 Å². The van der Waals surface area contributed by atoms with Gasteiger partial charge in [-0.2, -0.15) is 0 Å². The number of aromatic nitrogens is 1. The van der Waals surface area contributed by atoms with E-state index in [-0.39, 0.29) is 17.8 Å². The predicted molar refractivity (Wildman–Crippen MR) is 188 cm³/mol. The zero-order valence-electron chi connectivity index (χ0n) is 25.7. The molecule has 14 heteroatoms. The predicted octanol–water partition coefficient (Wildman–Crippen LogP) is 8.77. The van der Waals surface area contributed by atoms with Gasteiger partial charge in [0.05, 0.1) is 37.4 Å². The van der Waals surface area contributed by atoms with Crippen LogP contribution in [0.3, 0.4) is 0 Å². The number of non-ortho nitro benzene ring substituents is 2. The number of allylic oxidation sites excluding steroid dienone is 2. The second-order valence-corrected chi connectivity index (χ2v) is 11.3. The summed E-state index contributed by atoms with van der Waals surface area (Å²) in [5.41, 5.74) is 2.08. The smallest absolute Gasteiger partial charge is 0.299 e. The van der Waals surface area contributed by atoms with Crippen LogP contribution in [0.4, 0.5) is 28.4 Å². The highest BCUT2D eigenvalue weighted by Crippen LogP contribution is 2.48. The van der Waals surface area contributed by atoms with Crippen LogP contribution in [0.1, 0.15) is 5.56 Å². The van der Waals surface area contributed by atoms with Gasteiger partial charge in [-0.1, -0.05) is 54.6 Å². The van der Waals surface area contributed by atoms with E-state index in [1.807, 2.05) is 42.5 Å². The molecule has 0 radical (unpaired) electrons. The molecule has 0 spiro atoms. The Morgan fingerprint density at radius 1 is 0.620 bits per heavy atom. The maximum absolute atomic E-state index is 12.4. The minimum atomic E-state index is -0.691. The summed E-state index contributed by atoms with van der Waals surface area (Å²) in [6.07, 6.45) is 8.58. The van der Waals surface area contributed by atoms with Crippen molar-refractivity contribution >= 4 is 55.6 Å². The Kier molecular flexibility index (Phi) is 7.72. The summed E-state index contributed by atoms with van der Waals surface area (Å²) in [6.45, 7) is 0.141. The molecule has 0 N–H and O–H groups in total. The lowest BCUT2D eigenvalue weighted by atomic mass is 9.82. The average molecular weight is 667 g/mol. The van der Waals surface area contributed by atoms with E-state index in [4.69, 9.17) is 0 Å². The molecule has 0 atom stereocenters. The minimum absolute atomic E-state index is 0.141. The molecule has 0 unspecified atom stereocenters. The van der Waals surface area contributed by atoms with Gasteiger partial charge in [0.2, 0.25) is 0 Å². The van der Waals surface area contributed by atoms with Crippen molar-refractivity contribution in [2.24, 2.45) is 0 Å². The van der Waals surface area contributed by atoms with Crippen LogP contribution < -0.4 is 4.90 Å². The SMILES string of the molecule is O=[N+]([O-])c1ccc(-c2cccc3c(C4=CC=CN(c5ccc([N+](=O)[O-])cc5[N+](=O)[O-])C4)c4ccccc4c(-c4cccnc4)c23)c([N+](=O)[O-])c1. The van der Waals surface area contributed by atoms with Crippen molar-refractivity contribution in [1.29, 1.82) is 0 Å². The van der Waals surface area contributed by atoms with Gasteiger partial charge in [-0.15, -0.1) is 0 Å².